The third kappa shape index (κ3) is 3.25. The SMILES string of the molecule is CC(C)N1C(=O)[C@H]2[C@@H](C(=O)NCc3ccccc3)[C@H]3C=C[C@@]2(O3)[C@@H]1C(=O)NC1CCCC1. The van der Waals surface area contributed by atoms with Crippen molar-refractivity contribution in [2.24, 2.45) is 11.8 Å². The van der Waals surface area contributed by atoms with Crippen LogP contribution in [-0.4, -0.2) is 52.5 Å². The molecule has 1 aromatic carbocycles. The predicted octanol–water partition coefficient (Wildman–Crippen LogP) is 1.92. The summed E-state index contributed by atoms with van der Waals surface area (Å²) in [5.74, 6) is -1.86. The van der Waals surface area contributed by atoms with Gasteiger partial charge in [-0.05, 0) is 32.3 Å². The molecular weight excluding hydrogens is 406 g/mol. The van der Waals surface area contributed by atoms with E-state index in [1.165, 1.54) is 0 Å². The largest absolute Gasteiger partial charge is 0.359 e. The number of amides is 3. The molecule has 4 aliphatic rings. The average Bonchev–Trinajstić information content (AvgIpc) is 3.54. The van der Waals surface area contributed by atoms with E-state index in [-0.39, 0.29) is 29.8 Å². The molecule has 2 bridgehead atoms. The van der Waals surface area contributed by atoms with E-state index in [0.29, 0.717) is 6.54 Å². The molecule has 1 aromatic rings. The Kier molecular flexibility index (Phi) is 5.32. The van der Waals surface area contributed by atoms with Gasteiger partial charge in [-0.3, -0.25) is 14.4 Å². The molecule has 3 fully saturated rings. The molecule has 7 nitrogen and oxygen atoms in total. The third-order valence-corrected chi connectivity index (χ3v) is 7.43. The molecule has 2 N–H and O–H groups in total. The third-order valence-electron chi connectivity index (χ3n) is 7.43. The summed E-state index contributed by atoms with van der Waals surface area (Å²) >= 11 is 0. The molecular formula is C25H31N3O4. The highest BCUT2D eigenvalue weighted by Gasteiger charge is 2.73. The standard InChI is InChI=1S/C25H31N3O4/c1-15(2)28-21(23(30)27-17-10-6-7-11-17)25-13-12-18(32-25)19(20(25)24(28)31)22(29)26-14-16-8-4-3-5-9-16/h3-5,8-9,12-13,15,17-21H,6-7,10-11,14H2,1-2H3,(H,26,29)(H,27,30)/t18-,19+,20-,21+,25+/m1/s1. The molecule has 5 atom stereocenters. The summed E-state index contributed by atoms with van der Waals surface area (Å²) < 4.78 is 6.32. The summed E-state index contributed by atoms with van der Waals surface area (Å²) in [5.41, 5.74) is -0.0886. The van der Waals surface area contributed by atoms with E-state index >= 15 is 0 Å². The van der Waals surface area contributed by atoms with Crippen molar-refractivity contribution in [1.82, 2.24) is 15.5 Å². The van der Waals surface area contributed by atoms with Gasteiger partial charge in [0, 0.05) is 18.6 Å². The minimum absolute atomic E-state index is 0.148. The van der Waals surface area contributed by atoms with Gasteiger partial charge >= 0.3 is 0 Å². The molecule has 2 saturated heterocycles. The van der Waals surface area contributed by atoms with E-state index in [1.807, 2.05) is 56.3 Å². The smallest absolute Gasteiger partial charge is 0.246 e. The number of carbonyl (C=O) groups excluding carboxylic acids is 3. The van der Waals surface area contributed by atoms with Crippen molar-refractivity contribution in [3.8, 4) is 0 Å². The Morgan fingerprint density at radius 1 is 1.16 bits per heavy atom. The molecule has 5 rings (SSSR count). The monoisotopic (exact) mass is 437 g/mol. The second-order valence-electron chi connectivity index (χ2n) is 9.73. The molecule has 7 heteroatoms. The summed E-state index contributed by atoms with van der Waals surface area (Å²) in [6.45, 7) is 4.21. The van der Waals surface area contributed by atoms with E-state index in [4.69, 9.17) is 4.74 Å². The normalized spacial score (nSPS) is 33.2. The zero-order chi connectivity index (χ0) is 22.5. The molecule has 1 aliphatic carbocycles. The Balaban J connectivity index is 1.40. The van der Waals surface area contributed by atoms with Crippen molar-refractivity contribution in [3.05, 3.63) is 48.0 Å². The number of carbonyl (C=O) groups is 3. The van der Waals surface area contributed by atoms with Crippen molar-refractivity contribution >= 4 is 17.7 Å². The highest BCUT2D eigenvalue weighted by atomic mass is 16.5. The first kappa shape index (κ1) is 21.2. The van der Waals surface area contributed by atoms with Crippen LogP contribution >= 0.6 is 0 Å². The molecule has 3 aliphatic heterocycles. The van der Waals surface area contributed by atoms with Crippen molar-refractivity contribution < 1.29 is 19.1 Å². The fourth-order valence-corrected chi connectivity index (χ4v) is 6.01. The average molecular weight is 438 g/mol. The first-order valence-electron chi connectivity index (χ1n) is 11.7. The molecule has 170 valence electrons. The lowest BCUT2D eigenvalue weighted by Gasteiger charge is -2.34. The number of hydrogen-bond donors (Lipinski definition) is 2. The molecule has 1 saturated carbocycles. The van der Waals surface area contributed by atoms with E-state index in [9.17, 15) is 14.4 Å². The van der Waals surface area contributed by atoms with Crippen molar-refractivity contribution in [3.63, 3.8) is 0 Å². The van der Waals surface area contributed by atoms with E-state index in [2.05, 4.69) is 10.6 Å². The molecule has 32 heavy (non-hydrogen) atoms. The van der Waals surface area contributed by atoms with E-state index < -0.39 is 29.6 Å². The minimum atomic E-state index is -1.08. The number of fused-ring (bicyclic) bond motifs is 1. The first-order chi connectivity index (χ1) is 15.4. The van der Waals surface area contributed by atoms with Gasteiger partial charge in [-0.2, -0.15) is 0 Å². The van der Waals surface area contributed by atoms with Crippen LogP contribution in [0.5, 0.6) is 0 Å². The fraction of sp³-hybridized carbons (Fsp3) is 0.560. The fourth-order valence-electron chi connectivity index (χ4n) is 6.01. The van der Waals surface area contributed by atoms with Crippen molar-refractivity contribution in [1.29, 1.82) is 0 Å². The summed E-state index contributed by atoms with van der Waals surface area (Å²) in [4.78, 5) is 41.9. The van der Waals surface area contributed by atoms with Gasteiger partial charge in [0.2, 0.25) is 17.7 Å². The Hall–Kier alpha value is -2.67. The molecule has 3 heterocycles. The number of nitrogens with one attached hydrogen (secondary N) is 2. The summed E-state index contributed by atoms with van der Waals surface area (Å²) in [6, 6.07) is 8.89. The topological polar surface area (TPSA) is 87.7 Å². The minimum Gasteiger partial charge on any atom is -0.359 e. The van der Waals surface area contributed by atoms with Crippen LogP contribution in [0.15, 0.2) is 42.5 Å². The van der Waals surface area contributed by atoms with Crippen LogP contribution in [0.25, 0.3) is 0 Å². The van der Waals surface area contributed by atoms with Crippen LogP contribution in [-0.2, 0) is 25.7 Å². The molecule has 3 amide bonds. The molecule has 0 unspecified atom stereocenters. The lowest BCUT2D eigenvalue weighted by molar-refractivity contribution is -0.143. The summed E-state index contributed by atoms with van der Waals surface area (Å²) in [5, 5.41) is 6.14. The van der Waals surface area contributed by atoms with Crippen LogP contribution in [0.1, 0.15) is 45.1 Å². The summed E-state index contributed by atoms with van der Waals surface area (Å²) in [6.07, 6.45) is 7.38. The second-order valence-corrected chi connectivity index (χ2v) is 9.73. The van der Waals surface area contributed by atoms with Gasteiger partial charge in [-0.25, -0.2) is 0 Å². The first-order valence-corrected chi connectivity index (χ1v) is 11.7. The lowest BCUT2D eigenvalue weighted by atomic mass is 9.74. The summed E-state index contributed by atoms with van der Waals surface area (Å²) in [7, 11) is 0. The maximum Gasteiger partial charge on any atom is 0.246 e. The number of benzene rings is 1. The molecule has 0 radical (unpaired) electrons. The van der Waals surface area contributed by atoms with Gasteiger partial charge < -0.3 is 20.3 Å². The van der Waals surface area contributed by atoms with E-state index in [1.54, 1.807) is 4.90 Å². The lowest BCUT2D eigenvalue weighted by Crippen LogP contribution is -2.57. The van der Waals surface area contributed by atoms with Gasteiger partial charge in [0.1, 0.15) is 11.6 Å². The number of rotatable bonds is 6. The van der Waals surface area contributed by atoms with Crippen molar-refractivity contribution in [2.45, 2.75) is 75.9 Å². The van der Waals surface area contributed by atoms with Crippen LogP contribution in [0, 0.1) is 11.8 Å². The Morgan fingerprint density at radius 2 is 1.88 bits per heavy atom. The predicted molar refractivity (Wildman–Crippen MR) is 118 cm³/mol. The maximum atomic E-state index is 13.6. The van der Waals surface area contributed by atoms with Crippen LogP contribution < -0.4 is 10.6 Å². The Morgan fingerprint density at radius 3 is 2.56 bits per heavy atom. The van der Waals surface area contributed by atoms with Gasteiger partial charge in [0.25, 0.3) is 0 Å². The molecule has 1 spiro atoms. The van der Waals surface area contributed by atoms with Gasteiger partial charge in [0.15, 0.2) is 0 Å². The quantitative estimate of drug-likeness (QED) is 0.666. The van der Waals surface area contributed by atoms with Crippen LogP contribution in [0.3, 0.4) is 0 Å². The number of likely N-dealkylation sites (tertiary alicyclic amines) is 1. The second kappa shape index (κ2) is 8.03. The highest BCUT2D eigenvalue weighted by molar-refractivity contribution is 6.00. The Labute approximate surface area is 188 Å². The number of ether oxygens (including phenoxy) is 1. The van der Waals surface area contributed by atoms with Crippen LogP contribution in [0.4, 0.5) is 0 Å². The number of hydrogen-bond acceptors (Lipinski definition) is 4. The van der Waals surface area contributed by atoms with Gasteiger partial charge in [-0.1, -0.05) is 55.3 Å². The maximum absolute atomic E-state index is 13.6. The van der Waals surface area contributed by atoms with Crippen molar-refractivity contribution in [2.75, 3.05) is 0 Å². The number of nitrogens with zero attached hydrogens (tertiary/aromatic N) is 1. The zero-order valence-electron chi connectivity index (χ0n) is 18.6. The zero-order valence-corrected chi connectivity index (χ0v) is 18.6. The molecule has 0 aromatic heterocycles. The van der Waals surface area contributed by atoms with Gasteiger partial charge in [-0.15, -0.1) is 0 Å². The van der Waals surface area contributed by atoms with Crippen LogP contribution in [0.2, 0.25) is 0 Å². The highest BCUT2D eigenvalue weighted by Crippen LogP contribution is 2.55. The Bertz CT molecular complexity index is 940. The van der Waals surface area contributed by atoms with Gasteiger partial charge in [0.05, 0.1) is 17.9 Å². The van der Waals surface area contributed by atoms with E-state index in [0.717, 1.165) is 31.2 Å².